The molecule has 0 aliphatic rings. The molecule has 6 aromatic carbocycles. The van der Waals surface area contributed by atoms with E-state index in [4.69, 9.17) is 9.15 Å². The van der Waals surface area contributed by atoms with Crippen LogP contribution in [0.5, 0.6) is 0 Å². The van der Waals surface area contributed by atoms with Gasteiger partial charge in [-0.3, -0.25) is 9.15 Å². The standard InChI is InChI=1S/C38H34O2Si2/c1-31-23-27-37(28-24-31)41(33-15-7-3-8-16-33,34-17-9-4-10-18-34)39-40-42(35-19-11-5-12-20-35,36-21-13-6-14-22-36)38-29-25-32(2)26-30-38/h3-30H,1-2H3. The van der Waals surface area contributed by atoms with E-state index in [1.54, 1.807) is 0 Å². The van der Waals surface area contributed by atoms with Crippen molar-refractivity contribution in [3.63, 3.8) is 0 Å². The monoisotopic (exact) mass is 578 g/mol. The molecule has 0 spiro atoms. The van der Waals surface area contributed by atoms with E-state index in [1.807, 2.05) is 0 Å². The lowest BCUT2D eigenvalue weighted by atomic mass is 10.2. The summed E-state index contributed by atoms with van der Waals surface area (Å²) in [6, 6.07) is 60.0. The SMILES string of the molecule is Cc1ccc([Si](OO[Si](c2ccccc2)(c2ccccc2)c2ccc(C)cc2)(c2ccccc2)c2ccccc2)cc1. The van der Waals surface area contributed by atoms with Crippen molar-refractivity contribution in [1.82, 2.24) is 0 Å². The predicted molar refractivity (Wildman–Crippen MR) is 180 cm³/mol. The van der Waals surface area contributed by atoms with E-state index in [0.29, 0.717) is 0 Å². The van der Waals surface area contributed by atoms with Gasteiger partial charge in [-0.05, 0) is 45.0 Å². The fourth-order valence-corrected chi connectivity index (χ4v) is 13.2. The molecule has 206 valence electrons. The molecular weight excluding hydrogens is 545 g/mol. The third kappa shape index (κ3) is 5.22. The molecule has 42 heavy (non-hydrogen) atoms. The lowest BCUT2D eigenvalue weighted by molar-refractivity contribution is -0.112. The van der Waals surface area contributed by atoms with Gasteiger partial charge in [0, 0.05) is 0 Å². The zero-order valence-corrected chi connectivity index (χ0v) is 26.0. The fraction of sp³-hybridized carbons (Fsp3) is 0.0526. The summed E-state index contributed by atoms with van der Waals surface area (Å²) in [6.45, 7) is 4.24. The van der Waals surface area contributed by atoms with Crippen molar-refractivity contribution in [3.8, 4) is 0 Å². The Morgan fingerprint density at radius 3 is 0.738 bits per heavy atom. The van der Waals surface area contributed by atoms with Gasteiger partial charge in [-0.15, -0.1) is 0 Å². The van der Waals surface area contributed by atoms with Gasteiger partial charge >= 0.3 is 16.6 Å². The van der Waals surface area contributed by atoms with Gasteiger partial charge in [-0.25, -0.2) is 0 Å². The Kier molecular flexibility index (Phi) is 8.13. The number of hydrogen-bond acceptors (Lipinski definition) is 2. The Balaban J connectivity index is 1.63. The van der Waals surface area contributed by atoms with E-state index >= 15 is 0 Å². The largest absolute Gasteiger partial charge is 0.329 e. The van der Waals surface area contributed by atoms with Gasteiger partial charge in [-0.2, -0.15) is 0 Å². The molecule has 6 rings (SSSR count). The minimum absolute atomic E-state index is 1.13. The van der Waals surface area contributed by atoms with Crippen LogP contribution in [0.4, 0.5) is 0 Å². The fourth-order valence-electron chi connectivity index (χ4n) is 5.68. The van der Waals surface area contributed by atoms with E-state index < -0.39 is 16.6 Å². The van der Waals surface area contributed by atoms with Crippen LogP contribution in [0.3, 0.4) is 0 Å². The minimum atomic E-state index is -3.15. The van der Waals surface area contributed by atoms with Crippen molar-refractivity contribution in [3.05, 3.63) is 181 Å². The first kappa shape index (κ1) is 27.8. The quantitative estimate of drug-likeness (QED) is 0.105. The van der Waals surface area contributed by atoms with Crippen molar-refractivity contribution < 1.29 is 9.15 Å². The molecular formula is C38H34O2Si2. The molecule has 0 N–H and O–H groups in total. The van der Waals surface area contributed by atoms with Crippen LogP contribution < -0.4 is 31.1 Å². The number of hydrogen-bond donors (Lipinski definition) is 0. The second-order valence-electron chi connectivity index (χ2n) is 10.7. The first-order valence-corrected chi connectivity index (χ1v) is 18.2. The number of rotatable bonds is 9. The Hall–Kier alpha value is -4.33. The summed E-state index contributed by atoms with van der Waals surface area (Å²) in [5.41, 5.74) is 2.42. The molecule has 0 saturated heterocycles. The van der Waals surface area contributed by atoms with Gasteiger partial charge in [0.05, 0.1) is 0 Å². The average Bonchev–Trinajstić information content (AvgIpc) is 3.06. The van der Waals surface area contributed by atoms with Crippen molar-refractivity contribution in [2.75, 3.05) is 0 Å². The molecule has 6 aromatic rings. The highest BCUT2D eigenvalue weighted by molar-refractivity contribution is 7.09. The third-order valence-electron chi connectivity index (χ3n) is 7.93. The highest BCUT2D eigenvalue weighted by atomic mass is 28.4. The molecule has 0 bridgehead atoms. The van der Waals surface area contributed by atoms with Crippen LogP contribution in [0, 0.1) is 13.8 Å². The van der Waals surface area contributed by atoms with E-state index in [0.717, 1.165) is 31.1 Å². The predicted octanol–water partition coefficient (Wildman–Crippen LogP) is 4.89. The molecule has 0 amide bonds. The number of benzene rings is 6. The summed E-state index contributed by atoms with van der Waals surface area (Å²) >= 11 is 0. The highest BCUT2D eigenvalue weighted by Gasteiger charge is 2.50. The van der Waals surface area contributed by atoms with Gasteiger partial charge in [0.2, 0.25) is 0 Å². The second-order valence-corrected chi connectivity index (χ2v) is 17.2. The lowest BCUT2D eigenvalue weighted by Crippen LogP contribution is -2.75. The molecule has 0 unspecified atom stereocenters. The maximum absolute atomic E-state index is 7.29. The summed E-state index contributed by atoms with van der Waals surface area (Å²) in [6.07, 6.45) is 0. The first-order valence-electron chi connectivity index (χ1n) is 14.4. The molecule has 0 saturated carbocycles. The van der Waals surface area contributed by atoms with Crippen LogP contribution in [0.2, 0.25) is 0 Å². The van der Waals surface area contributed by atoms with Crippen LogP contribution in [-0.2, 0) is 9.15 Å². The minimum Gasteiger partial charge on any atom is -0.279 e. The first-order chi connectivity index (χ1) is 20.6. The molecule has 2 nitrogen and oxygen atoms in total. The summed E-state index contributed by atoms with van der Waals surface area (Å²) in [4.78, 5) is 0. The average molecular weight is 579 g/mol. The van der Waals surface area contributed by atoms with Crippen LogP contribution in [0.15, 0.2) is 170 Å². The number of aryl methyl sites for hydroxylation is 2. The van der Waals surface area contributed by atoms with Gasteiger partial charge in [0.1, 0.15) is 0 Å². The van der Waals surface area contributed by atoms with Crippen molar-refractivity contribution in [2.45, 2.75) is 13.8 Å². The normalized spacial score (nSPS) is 11.8. The van der Waals surface area contributed by atoms with Crippen LogP contribution >= 0.6 is 0 Å². The van der Waals surface area contributed by atoms with Gasteiger partial charge in [-0.1, -0.05) is 181 Å². The molecule has 0 aliphatic heterocycles. The summed E-state index contributed by atoms with van der Waals surface area (Å²) in [7, 11) is -6.31. The molecule has 0 fully saturated rings. The van der Waals surface area contributed by atoms with Crippen molar-refractivity contribution >= 4 is 47.8 Å². The van der Waals surface area contributed by atoms with Gasteiger partial charge in [0.15, 0.2) is 0 Å². The smallest absolute Gasteiger partial charge is 0.279 e. The maximum atomic E-state index is 7.29. The van der Waals surface area contributed by atoms with Crippen LogP contribution in [0.1, 0.15) is 11.1 Å². The molecule has 4 heteroatoms. The Morgan fingerprint density at radius 2 is 0.500 bits per heavy atom. The maximum Gasteiger partial charge on any atom is 0.329 e. The van der Waals surface area contributed by atoms with Crippen molar-refractivity contribution in [2.24, 2.45) is 0 Å². The topological polar surface area (TPSA) is 18.5 Å². The molecule has 0 aliphatic carbocycles. The summed E-state index contributed by atoms with van der Waals surface area (Å²) in [5.74, 6) is 0. The second kappa shape index (κ2) is 12.3. The van der Waals surface area contributed by atoms with Crippen LogP contribution in [0.25, 0.3) is 0 Å². The van der Waals surface area contributed by atoms with Gasteiger partial charge in [0.25, 0.3) is 0 Å². The Labute approximate surface area is 251 Å². The van der Waals surface area contributed by atoms with E-state index in [1.165, 1.54) is 11.1 Å². The molecule has 0 atom stereocenters. The zero-order valence-electron chi connectivity index (χ0n) is 24.0. The Bertz CT molecular complexity index is 1490. The molecule has 0 heterocycles. The van der Waals surface area contributed by atoms with E-state index in [-0.39, 0.29) is 0 Å². The van der Waals surface area contributed by atoms with Crippen LogP contribution in [-0.4, -0.2) is 16.6 Å². The van der Waals surface area contributed by atoms with E-state index in [9.17, 15) is 0 Å². The van der Waals surface area contributed by atoms with Crippen molar-refractivity contribution in [1.29, 1.82) is 0 Å². The lowest BCUT2D eigenvalue weighted by Gasteiger charge is -2.38. The third-order valence-corrected chi connectivity index (χ3v) is 15.6. The molecule has 0 aromatic heterocycles. The zero-order chi connectivity index (χ0) is 28.8. The highest BCUT2D eigenvalue weighted by Crippen LogP contribution is 2.17. The summed E-state index contributed by atoms with van der Waals surface area (Å²) < 4.78 is 14.6. The van der Waals surface area contributed by atoms with E-state index in [2.05, 4.69) is 184 Å². The Morgan fingerprint density at radius 1 is 0.286 bits per heavy atom. The summed E-state index contributed by atoms with van der Waals surface area (Å²) in [5, 5.41) is 6.80. The van der Waals surface area contributed by atoms with Gasteiger partial charge < -0.3 is 0 Å². The molecule has 0 radical (unpaired) electrons.